The van der Waals surface area contributed by atoms with Crippen molar-refractivity contribution in [1.82, 2.24) is 10.6 Å². The third kappa shape index (κ3) is 3.69. The first-order chi connectivity index (χ1) is 10.5. The summed E-state index contributed by atoms with van der Waals surface area (Å²) in [4.78, 5) is 5.81. The summed E-state index contributed by atoms with van der Waals surface area (Å²) in [5.74, 6) is 2.03. The summed E-state index contributed by atoms with van der Waals surface area (Å²) in [5, 5.41) is 9.24. The first kappa shape index (κ1) is 19.0. The molecule has 6 heteroatoms. The van der Waals surface area contributed by atoms with Gasteiger partial charge in [-0.15, -0.1) is 35.3 Å². The van der Waals surface area contributed by atoms with Gasteiger partial charge in [0, 0.05) is 48.4 Å². The molecule has 2 N–H and O–H groups in total. The molecule has 0 spiro atoms. The van der Waals surface area contributed by atoms with Gasteiger partial charge in [0.25, 0.3) is 0 Å². The van der Waals surface area contributed by atoms with E-state index < -0.39 is 0 Å². The smallest absolute Gasteiger partial charge is 0.191 e. The van der Waals surface area contributed by atoms with Gasteiger partial charge in [0.1, 0.15) is 0 Å². The highest BCUT2D eigenvalue weighted by Gasteiger charge is 2.59. The number of ether oxygens (including phenoxy) is 1. The van der Waals surface area contributed by atoms with E-state index in [1.807, 2.05) is 18.4 Å². The summed E-state index contributed by atoms with van der Waals surface area (Å²) in [6.07, 6.45) is 1.57. The second-order valence-corrected chi connectivity index (χ2v) is 8.04. The van der Waals surface area contributed by atoms with E-state index in [0.717, 1.165) is 25.5 Å². The summed E-state index contributed by atoms with van der Waals surface area (Å²) < 4.78 is 5.86. The quantitative estimate of drug-likeness (QED) is 0.421. The van der Waals surface area contributed by atoms with Crippen LogP contribution in [0, 0.1) is 11.3 Å². The lowest BCUT2D eigenvalue weighted by molar-refractivity contribution is -0.106. The fourth-order valence-corrected chi connectivity index (χ4v) is 4.67. The molecule has 2 fully saturated rings. The lowest BCUT2D eigenvalue weighted by Gasteiger charge is -2.54. The Bertz CT molecular complexity index is 532. The summed E-state index contributed by atoms with van der Waals surface area (Å²) in [6.45, 7) is 8.63. The molecule has 4 unspecified atom stereocenters. The standard InChI is InChI=1S/C17H27N3OS.HI/c1-11(13-6-5-9-22-13)10-19-16(18-4)20-14-12-7-8-21-15(12)17(14,2)3;/h5-6,9,11-12,14-15H,7-8,10H2,1-4H3,(H2,18,19,20);1H. The van der Waals surface area contributed by atoms with E-state index >= 15 is 0 Å². The van der Waals surface area contributed by atoms with Gasteiger partial charge in [0.15, 0.2) is 5.96 Å². The Morgan fingerprint density at radius 1 is 1.52 bits per heavy atom. The normalized spacial score (nSPS) is 29.9. The van der Waals surface area contributed by atoms with Gasteiger partial charge in [-0.3, -0.25) is 4.99 Å². The molecule has 2 aliphatic rings. The Morgan fingerprint density at radius 3 is 2.96 bits per heavy atom. The van der Waals surface area contributed by atoms with Crippen molar-refractivity contribution >= 4 is 41.3 Å². The van der Waals surface area contributed by atoms with Crippen LogP contribution in [0.3, 0.4) is 0 Å². The molecule has 3 rings (SSSR count). The molecule has 1 aromatic rings. The highest BCUT2D eigenvalue weighted by molar-refractivity contribution is 14.0. The highest BCUT2D eigenvalue weighted by atomic mass is 127. The zero-order valence-corrected chi connectivity index (χ0v) is 17.5. The number of rotatable bonds is 4. The molecule has 1 saturated carbocycles. The van der Waals surface area contributed by atoms with Crippen LogP contribution in [-0.2, 0) is 4.74 Å². The minimum Gasteiger partial charge on any atom is -0.377 e. The Morgan fingerprint density at radius 2 is 2.30 bits per heavy atom. The van der Waals surface area contributed by atoms with Crippen LogP contribution < -0.4 is 10.6 Å². The molecule has 0 aromatic carbocycles. The van der Waals surface area contributed by atoms with Crippen LogP contribution in [0.25, 0.3) is 0 Å². The molecule has 130 valence electrons. The fourth-order valence-electron chi connectivity index (χ4n) is 3.88. The minimum atomic E-state index is 0. The number of halogens is 1. The molecular weight excluding hydrogens is 421 g/mol. The highest BCUT2D eigenvalue weighted by Crippen LogP contribution is 2.52. The first-order valence-corrected chi connectivity index (χ1v) is 9.04. The minimum absolute atomic E-state index is 0. The van der Waals surface area contributed by atoms with Crippen molar-refractivity contribution in [3.05, 3.63) is 22.4 Å². The van der Waals surface area contributed by atoms with Gasteiger partial charge in [0.2, 0.25) is 0 Å². The van der Waals surface area contributed by atoms with Crippen molar-refractivity contribution < 1.29 is 4.74 Å². The zero-order chi connectivity index (χ0) is 15.7. The molecule has 23 heavy (non-hydrogen) atoms. The Balaban J connectivity index is 0.00000192. The molecule has 0 amide bonds. The largest absolute Gasteiger partial charge is 0.377 e. The van der Waals surface area contributed by atoms with Gasteiger partial charge in [-0.1, -0.05) is 26.8 Å². The molecule has 0 radical (unpaired) electrons. The molecule has 2 heterocycles. The molecule has 0 bridgehead atoms. The average molecular weight is 449 g/mol. The van der Waals surface area contributed by atoms with Crippen molar-refractivity contribution in [2.75, 3.05) is 20.2 Å². The van der Waals surface area contributed by atoms with E-state index in [0.29, 0.717) is 24.0 Å². The van der Waals surface area contributed by atoms with Crippen LogP contribution in [0.4, 0.5) is 0 Å². The Hall–Kier alpha value is -0.340. The third-order valence-corrected chi connectivity index (χ3v) is 6.32. The number of guanidine groups is 1. The van der Waals surface area contributed by atoms with E-state index in [2.05, 4.69) is 53.9 Å². The molecule has 4 nitrogen and oxygen atoms in total. The predicted octanol–water partition coefficient (Wildman–Crippen LogP) is 3.45. The Labute approximate surface area is 160 Å². The van der Waals surface area contributed by atoms with Crippen LogP contribution in [-0.4, -0.2) is 38.3 Å². The maximum Gasteiger partial charge on any atom is 0.191 e. The van der Waals surface area contributed by atoms with Crippen molar-refractivity contribution in [3.63, 3.8) is 0 Å². The SMILES string of the molecule is CN=C(NCC(C)c1cccs1)NC1C2CCOC2C1(C)C.I. The van der Waals surface area contributed by atoms with Gasteiger partial charge < -0.3 is 15.4 Å². The maximum absolute atomic E-state index is 5.86. The lowest BCUT2D eigenvalue weighted by Crippen LogP contribution is -2.68. The number of fused-ring (bicyclic) bond motifs is 1. The number of thiophene rings is 1. The van der Waals surface area contributed by atoms with E-state index in [-0.39, 0.29) is 29.4 Å². The molecule has 4 atom stereocenters. The van der Waals surface area contributed by atoms with Crippen LogP contribution in [0.15, 0.2) is 22.5 Å². The van der Waals surface area contributed by atoms with E-state index in [1.54, 1.807) is 0 Å². The second-order valence-electron chi connectivity index (χ2n) is 7.06. The van der Waals surface area contributed by atoms with Crippen molar-refractivity contribution in [2.45, 2.75) is 45.3 Å². The lowest BCUT2D eigenvalue weighted by atomic mass is 9.57. The van der Waals surface area contributed by atoms with E-state index in [1.165, 1.54) is 4.88 Å². The van der Waals surface area contributed by atoms with Crippen molar-refractivity contribution in [2.24, 2.45) is 16.3 Å². The summed E-state index contributed by atoms with van der Waals surface area (Å²) >= 11 is 1.82. The van der Waals surface area contributed by atoms with Gasteiger partial charge in [0.05, 0.1) is 6.10 Å². The maximum atomic E-state index is 5.86. The van der Waals surface area contributed by atoms with Gasteiger partial charge in [-0.2, -0.15) is 0 Å². The summed E-state index contributed by atoms with van der Waals surface area (Å²) in [6, 6.07) is 4.76. The average Bonchev–Trinajstić information content (AvgIpc) is 3.17. The fraction of sp³-hybridized carbons (Fsp3) is 0.706. The number of nitrogens with one attached hydrogen (secondary N) is 2. The number of aliphatic imine (C=N–C) groups is 1. The second kappa shape index (κ2) is 7.70. The van der Waals surface area contributed by atoms with Gasteiger partial charge >= 0.3 is 0 Å². The number of nitrogens with zero attached hydrogens (tertiary/aromatic N) is 1. The Kier molecular flexibility index (Phi) is 6.35. The van der Waals surface area contributed by atoms with Crippen LogP contribution in [0.2, 0.25) is 0 Å². The van der Waals surface area contributed by atoms with Crippen LogP contribution in [0.1, 0.15) is 38.0 Å². The van der Waals surface area contributed by atoms with Crippen LogP contribution in [0.5, 0.6) is 0 Å². The molecule has 1 aliphatic carbocycles. The molecule has 1 saturated heterocycles. The number of hydrogen-bond acceptors (Lipinski definition) is 3. The van der Waals surface area contributed by atoms with Gasteiger partial charge in [-0.25, -0.2) is 0 Å². The first-order valence-electron chi connectivity index (χ1n) is 8.16. The number of hydrogen-bond donors (Lipinski definition) is 2. The van der Waals surface area contributed by atoms with E-state index in [9.17, 15) is 0 Å². The third-order valence-electron chi connectivity index (χ3n) is 5.22. The molecule has 1 aromatic heterocycles. The van der Waals surface area contributed by atoms with Crippen molar-refractivity contribution in [1.29, 1.82) is 0 Å². The van der Waals surface area contributed by atoms with Crippen molar-refractivity contribution in [3.8, 4) is 0 Å². The molecular formula is C17H28IN3OS. The summed E-state index contributed by atoms with van der Waals surface area (Å²) in [7, 11) is 1.85. The van der Waals surface area contributed by atoms with E-state index in [4.69, 9.17) is 4.74 Å². The van der Waals surface area contributed by atoms with Gasteiger partial charge in [-0.05, 0) is 17.9 Å². The molecule has 1 aliphatic heterocycles. The predicted molar refractivity (Wildman–Crippen MR) is 108 cm³/mol. The topological polar surface area (TPSA) is 45.7 Å². The monoisotopic (exact) mass is 449 g/mol. The zero-order valence-electron chi connectivity index (χ0n) is 14.3. The summed E-state index contributed by atoms with van der Waals surface area (Å²) in [5.41, 5.74) is 0.179. The van der Waals surface area contributed by atoms with Crippen LogP contribution >= 0.6 is 35.3 Å².